The van der Waals surface area contributed by atoms with Crippen LogP contribution in [0.15, 0.2) is 46.2 Å². The molecule has 0 radical (unpaired) electrons. The molecule has 7 heteroatoms. The Morgan fingerprint density at radius 1 is 1.08 bits per heavy atom. The summed E-state index contributed by atoms with van der Waals surface area (Å²) in [6.45, 7) is 3.98. The van der Waals surface area contributed by atoms with Gasteiger partial charge in [-0.1, -0.05) is 11.6 Å². The number of rotatable bonds is 7. The summed E-state index contributed by atoms with van der Waals surface area (Å²) in [5.74, 6) is 1.32. The zero-order valence-corrected chi connectivity index (χ0v) is 16.2. The van der Waals surface area contributed by atoms with Gasteiger partial charge in [-0.15, -0.1) is 11.8 Å². The molecule has 0 unspecified atom stereocenters. The lowest BCUT2D eigenvalue weighted by Crippen LogP contribution is -2.26. The predicted molar refractivity (Wildman–Crippen MR) is 99.8 cm³/mol. The third-order valence-corrected chi connectivity index (χ3v) is 6.54. The van der Waals surface area contributed by atoms with E-state index >= 15 is 0 Å². The number of nitrogens with one attached hydrogen (secondary N) is 1. The van der Waals surface area contributed by atoms with E-state index in [2.05, 4.69) is 4.72 Å². The minimum atomic E-state index is -3.54. The maximum atomic E-state index is 12.5. The zero-order valence-electron chi connectivity index (χ0n) is 13.8. The van der Waals surface area contributed by atoms with Gasteiger partial charge in [0.15, 0.2) is 0 Å². The molecular formula is C17H20ClNO3S2. The van der Waals surface area contributed by atoms with Crippen LogP contribution in [0.25, 0.3) is 0 Å². The highest BCUT2D eigenvalue weighted by molar-refractivity contribution is 7.99. The number of benzene rings is 2. The second kappa shape index (κ2) is 8.25. The summed E-state index contributed by atoms with van der Waals surface area (Å²) in [4.78, 5) is 1.34. The van der Waals surface area contributed by atoms with E-state index in [0.717, 1.165) is 10.5 Å². The fourth-order valence-corrected chi connectivity index (χ4v) is 4.59. The first-order valence-corrected chi connectivity index (χ1v) is 10.2. The predicted octanol–water partition coefficient (Wildman–Crippen LogP) is 4.04. The van der Waals surface area contributed by atoms with Crippen LogP contribution in [0.2, 0.25) is 5.02 Å². The largest absolute Gasteiger partial charge is 0.496 e. The fourth-order valence-electron chi connectivity index (χ4n) is 2.24. The van der Waals surface area contributed by atoms with Crippen molar-refractivity contribution in [3.63, 3.8) is 0 Å². The molecule has 24 heavy (non-hydrogen) atoms. The summed E-state index contributed by atoms with van der Waals surface area (Å²) < 4.78 is 32.8. The molecule has 0 aliphatic heterocycles. The van der Waals surface area contributed by atoms with Crippen molar-refractivity contribution in [1.82, 2.24) is 4.72 Å². The van der Waals surface area contributed by atoms with Crippen molar-refractivity contribution in [2.24, 2.45) is 0 Å². The summed E-state index contributed by atoms with van der Waals surface area (Å²) in [7, 11) is -1.97. The van der Waals surface area contributed by atoms with E-state index < -0.39 is 10.0 Å². The number of halogens is 1. The summed E-state index contributed by atoms with van der Waals surface area (Å²) in [5, 5.41) is 0.686. The molecule has 0 aliphatic rings. The van der Waals surface area contributed by atoms with Crippen molar-refractivity contribution < 1.29 is 13.2 Å². The van der Waals surface area contributed by atoms with Gasteiger partial charge >= 0.3 is 0 Å². The quantitative estimate of drug-likeness (QED) is 0.577. The van der Waals surface area contributed by atoms with Gasteiger partial charge in [0.1, 0.15) is 5.75 Å². The van der Waals surface area contributed by atoms with Crippen LogP contribution in [-0.4, -0.2) is 27.8 Å². The summed E-state index contributed by atoms with van der Waals surface area (Å²) in [5.41, 5.74) is 1.53. The molecule has 0 aromatic heterocycles. The third kappa shape index (κ3) is 4.66. The highest BCUT2D eigenvalue weighted by Crippen LogP contribution is 2.26. The SMILES string of the molecule is COc1ccc(S(=O)(=O)NCCSc2ccc(Cl)cc2)c(C)c1C. The number of hydrogen-bond donors (Lipinski definition) is 1. The molecule has 0 saturated heterocycles. The van der Waals surface area contributed by atoms with E-state index in [1.54, 1.807) is 37.9 Å². The smallest absolute Gasteiger partial charge is 0.240 e. The molecule has 0 spiro atoms. The summed E-state index contributed by atoms with van der Waals surface area (Å²) >= 11 is 7.41. The monoisotopic (exact) mass is 385 g/mol. The van der Waals surface area contributed by atoms with Crippen LogP contribution >= 0.6 is 23.4 Å². The maximum Gasteiger partial charge on any atom is 0.240 e. The average Bonchev–Trinajstić information content (AvgIpc) is 2.55. The van der Waals surface area contributed by atoms with Gasteiger partial charge in [-0.2, -0.15) is 0 Å². The molecule has 0 atom stereocenters. The molecule has 2 aromatic rings. The average molecular weight is 386 g/mol. The number of thioether (sulfide) groups is 1. The van der Waals surface area contributed by atoms with E-state index in [4.69, 9.17) is 16.3 Å². The van der Waals surface area contributed by atoms with Gasteiger partial charge in [-0.25, -0.2) is 13.1 Å². The third-order valence-electron chi connectivity index (χ3n) is 3.67. The van der Waals surface area contributed by atoms with Gasteiger partial charge in [0.05, 0.1) is 12.0 Å². The highest BCUT2D eigenvalue weighted by atomic mass is 35.5. The summed E-state index contributed by atoms with van der Waals surface area (Å²) in [6, 6.07) is 10.7. The van der Waals surface area contributed by atoms with Crippen molar-refractivity contribution in [1.29, 1.82) is 0 Å². The Kier molecular flexibility index (Phi) is 6.57. The Bertz CT molecular complexity index is 805. The Morgan fingerprint density at radius 3 is 2.38 bits per heavy atom. The first kappa shape index (κ1) is 19.1. The number of ether oxygens (including phenoxy) is 1. The van der Waals surface area contributed by atoms with Crippen LogP contribution in [-0.2, 0) is 10.0 Å². The van der Waals surface area contributed by atoms with Crippen LogP contribution in [0.1, 0.15) is 11.1 Å². The maximum absolute atomic E-state index is 12.5. The van der Waals surface area contributed by atoms with Crippen molar-refractivity contribution in [2.45, 2.75) is 23.6 Å². The van der Waals surface area contributed by atoms with Gasteiger partial charge in [-0.3, -0.25) is 0 Å². The van der Waals surface area contributed by atoms with Crippen molar-refractivity contribution >= 4 is 33.4 Å². The molecule has 2 aromatic carbocycles. The lowest BCUT2D eigenvalue weighted by molar-refractivity contribution is 0.410. The molecule has 0 bridgehead atoms. The first-order valence-electron chi connectivity index (χ1n) is 7.37. The second-order valence-corrected chi connectivity index (χ2v) is 8.56. The topological polar surface area (TPSA) is 55.4 Å². The molecule has 0 amide bonds. The minimum Gasteiger partial charge on any atom is -0.496 e. The number of hydrogen-bond acceptors (Lipinski definition) is 4. The second-order valence-electron chi connectivity index (χ2n) is 5.22. The molecule has 1 N–H and O–H groups in total. The van der Waals surface area contributed by atoms with Crippen molar-refractivity contribution in [3.8, 4) is 5.75 Å². The lowest BCUT2D eigenvalue weighted by atomic mass is 10.1. The Hall–Kier alpha value is -1.21. The molecule has 130 valence electrons. The normalized spacial score (nSPS) is 11.5. The van der Waals surface area contributed by atoms with Gasteiger partial charge in [0, 0.05) is 22.2 Å². The molecule has 0 saturated carbocycles. The molecule has 2 rings (SSSR count). The van der Waals surface area contributed by atoms with Crippen LogP contribution in [0.3, 0.4) is 0 Å². The Labute approximate surface area is 152 Å². The standard InChI is InChI=1S/C17H20ClNO3S2/c1-12-13(2)17(9-8-16(12)22-3)24(20,21)19-10-11-23-15-6-4-14(18)5-7-15/h4-9,19H,10-11H2,1-3H3. The van der Waals surface area contributed by atoms with Crippen LogP contribution in [0, 0.1) is 13.8 Å². The van der Waals surface area contributed by atoms with Gasteiger partial charge in [0.2, 0.25) is 10.0 Å². The fraction of sp³-hybridized carbons (Fsp3) is 0.294. The first-order chi connectivity index (χ1) is 11.3. The Morgan fingerprint density at radius 2 is 1.75 bits per heavy atom. The van der Waals surface area contributed by atoms with E-state index in [0.29, 0.717) is 28.6 Å². The Balaban J connectivity index is 1.99. The molecule has 4 nitrogen and oxygen atoms in total. The molecule has 0 heterocycles. The van der Waals surface area contributed by atoms with Gasteiger partial charge in [0.25, 0.3) is 0 Å². The lowest BCUT2D eigenvalue weighted by Gasteiger charge is -2.13. The van der Waals surface area contributed by atoms with E-state index in [1.165, 1.54) is 0 Å². The van der Waals surface area contributed by atoms with E-state index in [1.807, 2.05) is 31.2 Å². The van der Waals surface area contributed by atoms with E-state index in [9.17, 15) is 8.42 Å². The van der Waals surface area contributed by atoms with E-state index in [-0.39, 0.29) is 4.90 Å². The number of sulfonamides is 1. The van der Waals surface area contributed by atoms with Crippen molar-refractivity contribution in [3.05, 3.63) is 52.5 Å². The summed E-state index contributed by atoms with van der Waals surface area (Å²) in [6.07, 6.45) is 0. The molecule has 0 fully saturated rings. The molecular weight excluding hydrogens is 366 g/mol. The highest BCUT2D eigenvalue weighted by Gasteiger charge is 2.18. The van der Waals surface area contributed by atoms with Gasteiger partial charge < -0.3 is 4.74 Å². The zero-order chi connectivity index (χ0) is 17.7. The van der Waals surface area contributed by atoms with Crippen LogP contribution < -0.4 is 9.46 Å². The number of methoxy groups -OCH3 is 1. The van der Waals surface area contributed by atoms with Crippen LogP contribution in [0.4, 0.5) is 0 Å². The van der Waals surface area contributed by atoms with Gasteiger partial charge in [-0.05, 0) is 61.4 Å². The molecule has 0 aliphatic carbocycles. The van der Waals surface area contributed by atoms with Crippen molar-refractivity contribution in [2.75, 3.05) is 19.4 Å². The van der Waals surface area contributed by atoms with Crippen LogP contribution in [0.5, 0.6) is 5.75 Å². The minimum absolute atomic E-state index is 0.289.